The Hall–Kier alpha value is -3.88. The van der Waals surface area contributed by atoms with Gasteiger partial charge in [-0.1, -0.05) is 36.1 Å². The van der Waals surface area contributed by atoms with Crippen molar-refractivity contribution in [2.45, 2.75) is 6.42 Å². The minimum absolute atomic E-state index is 0.0749. The van der Waals surface area contributed by atoms with Crippen molar-refractivity contribution in [1.29, 1.82) is 0 Å². The van der Waals surface area contributed by atoms with Gasteiger partial charge in [0.05, 0.1) is 17.0 Å². The van der Waals surface area contributed by atoms with E-state index in [0.29, 0.717) is 32.0 Å². The molecule has 6 nitrogen and oxygen atoms in total. The molecule has 5 rings (SSSR count). The summed E-state index contributed by atoms with van der Waals surface area (Å²) in [6, 6.07) is 22.4. The quantitative estimate of drug-likeness (QED) is 0.275. The van der Waals surface area contributed by atoms with Crippen LogP contribution >= 0.6 is 24.0 Å². The lowest BCUT2D eigenvalue weighted by atomic mass is 10.1. The number of amides is 1. The molecule has 0 radical (unpaired) electrons. The minimum Gasteiger partial charge on any atom is -0.481 e. The number of carboxylic acid groups (broad SMARTS) is 1. The van der Waals surface area contributed by atoms with Gasteiger partial charge in [0.15, 0.2) is 4.32 Å². The number of thiocarbonyl (C=S) groups is 1. The summed E-state index contributed by atoms with van der Waals surface area (Å²) in [6.07, 6.45) is 5.59. The van der Waals surface area contributed by atoms with E-state index in [4.69, 9.17) is 21.7 Å². The molecular formula is C26H18N2O4S2. The molecule has 0 unspecified atom stereocenters. The van der Waals surface area contributed by atoms with E-state index < -0.39 is 5.97 Å². The molecule has 0 atom stereocenters. The van der Waals surface area contributed by atoms with Gasteiger partial charge in [-0.15, -0.1) is 0 Å². The fourth-order valence-electron chi connectivity index (χ4n) is 3.65. The fraction of sp³-hybridized carbons (Fsp3) is 0.0385. The topological polar surface area (TPSA) is 75.7 Å². The van der Waals surface area contributed by atoms with Gasteiger partial charge >= 0.3 is 5.97 Å². The number of hydrogen-bond acceptors (Lipinski definition) is 5. The number of hydrogen-bond donors (Lipinski definition) is 1. The molecular weight excluding hydrogens is 468 g/mol. The van der Waals surface area contributed by atoms with Crippen LogP contribution in [0.4, 0.5) is 5.69 Å². The third kappa shape index (κ3) is 4.46. The van der Waals surface area contributed by atoms with Crippen LogP contribution in [0.5, 0.6) is 0 Å². The van der Waals surface area contributed by atoms with E-state index in [-0.39, 0.29) is 12.3 Å². The number of carbonyl (C=O) groups excluding carboxylic acids is 1. The Morgan fingerprint density at radius 3 is 2.32 bits per heavy atom. The zero-order valence-electron chi connectivity index (χ0n) is 17.8. The Morgan fingerprint density at radius 2 is 1.65 bits per heavy atom. The molecule has 1 N–H and O–H groups in total. The summed E-state index contributed by atoms with van der Waals surface area (Å²) in [5, 5.41) is 8.93. The number of nitrogens with zero attached hydrogens (tertiary/aromatic N) is 2. The second-order valence-corrected chi connectivity index (χ2v) is 9.27. The van der Waals surface area contributed by atoms with Crippen LogP contribution in [-0.4, -0.2) is 25.9 Å². The van der Waals surface area contributed by atoms with Crippen molar-refractivity contribution in [3.8, 4) is 17.0 Å². The van der Waals surface area contributed by atoms with E-state index >= 15 is 0 Å². The van der Waals surface area contributed by atoms with E-state index in [0.717, 1.165) is 11.3 Å². The van der Waals surface area contributed by atoms with Crippen molar-refractivity contribution < 1.29 is 19.1 Å². The predicted octanol–water partition coefficient (Wildman–Crippen LogP) is 5.77. The molecule has 3 heterocycles. The molecule has 2 aromatic carbocycles. The molecule has 34 heavy (non-hydrogen) atoms. The van der Waals surface area contributed by atoms with Crippen LogP contribution < -0.4 is 4.90 Å². The second-order valence-electron chi connectivity index (χ2n) is 7.59. The summed E-state index contributed by atoms with van der Waals surface area (Å²) in [4.78, 5) is 25.8. The van der Waals surface area contributed by atoms with Crippen LogP contribution in [0.1, 0.15) is 11.3 Å². The Balaban J connectivity index is 1.33. The van der Waals surface area contributed by atoms with Crippen LogP contribution in [0.3, 0.4) is 0 Å². The van der Waals surface area contributed by atoms with Crippen molar-refractivity contribution >= 4 is 51.9 Å². The number of rotatable bonds is 6. The number of aromatic nitrogens is 1. The van der Waals surface area contributed by atoms with E-state index in [9.17, 15) is 9.59 Å². The Morgan fingerprint density at radius 1 is 0.971 bits per heavy atom. The Labute approximate surface area is 205 Å². The number of carbonyl (C=O) groups is 2. The van der Waals surface area contributed by atoms with Crippen LogP contribution in [0, 0.1) is 0 Å². The largest absolute Gasteiger partial charge is 0.481 e. The number of anilines is 1. The Bertz CT molecular complexity index is 1400. The molecule has 0 bridgehead atoms. The molecule has 8 heteroatoms. The highest BCUT2D eigenvalue weighted by Gasteiger charge is 2.33. The van der Waals surface area contributed by atoms with Crippen LogP contribution in [0.2, 0.25) is 0 Å². The molecule has 1 saturated heterocycles. The first-order valence-electron chi connectivity index (χ1n) is 10.4. The summed E-state index contributed by atoms with van der Waals surface area (Å²) >= 11 is 6.63. The van der Waals surface area contributed by atoms with Gasteiger partial charge < -0.3 is 14.1 Å². The van der Waals surface area contributed by atoms with E-state index in [1.807, 2.05) is 65.5 Å². The molecule has 168 valence electrons. The van der Waals surface area contributed by atoms with Gasteiger partial charge in [0, 0.05) is 29.7 Å². The highest BCUT2D eigenvalue weighted by molar-refractivity contribution is 8.27. The van der Waals surface area contributed by atoms with E-state index in [1.165, 1.54) is 16.7 Å². The fourth-order valence-corrected chi connectivity index (χ4v) is 4.93. The zero-order valence-corrected chi connectivity index (χ0v) is 19.4. The van der Waals surface area contributed by atoms with Gasteiger partial charge in [-0.3, -0.25) is 14.5 Å². The lowest BCUT2D eigenvalue weighted by Gasteiger charge is -2.14. The highest BCUT2D eigenvalue weighted by atomic mass is 32.2. The maximum absolute atomic E-state index is 13.0. The molecule has 0 spiro atoms. The van der Waals surface area contributed by atoms with Crippen LogP contribution in [-0.2, 0) is 16.0 Å². The summed E-state index contributed by atoms with van der Waals surface area (Å²) in [6.45, 7) is 0. The summed E-state index contributed by atoms with van der Waals surface area (Å²) in [5.41, 5.74) is 3.24. The number of aliphatic carboxylic acids is 1. The number of furan rings is 1. The molecule has 4 aromatic rings. The van der Waals surface area contributed by atoms with Gasteiger partial charge in [0.25, 0.3) is 5.91 Å². The predicted molar refractivity (Wildman–Crippen MR) is 137 cm³/mol. The average Bonchev–Trinajstić information content (AvgIpc) is 3.57. The summed E-state index contributed by atoms with van der Waals surface area (Å²) < 4.78 is 8.41. The maximum Gasteiger partial charge on any atom is 0.307 e. The molecule has 1 amide bonds. The van der Waals surface area contributed by atoms with Gasteiger partial charge in [0.1, 0.15) is 11.5 Å². The molecule has 1 fully saturated rings. The normalized spacial score (nSPS) is 14.8. The third-order valence-electron chi connectivity index (χ3n) is 5.30. The lowest BCUT2D eigenvalue weighted by molar-refractivity contribution is -0.136. The number of thioether (sulfide) groups is 1. The van der Waals surface area contributed by atoms with Crippen molar-refractivity contribution in [3.63, 3.8) is 0 Å². The monoisotopic (exact) mass is 486 g/mol. The van der Waals surface area contributed by atoms with Gasteiger partial charge in [-0.25, -0.2) is 0 Å². The van der Waals surface area contributed by atoms with Crippen LogP contribution in [0.25, 0.3) is 23.1 Å². The first-order valence-corrected chi connectivity index (χ1v) is 11.6. The van der Waals surface area contributed by atoms with Crippen molar-refractivity contribution in [3.05, 3.63) is 101 Å². The minimum atomic E-state index is -0.907. The first-order chi connectivity index (χ1) is 16.5. The average molecular weight is 487 g/mol. The van der Waals surface area contributed by atoms with Crippen LogP contribution in [0.15, 0.2) is 94.5 Å². The standard InChI is InChI=1S/C26H18N2O4S2/c29-24(30)15-17-3-7-20(8-4-17)28-25(31)23(34-26(28)33)16-21-11-12-22(32-21)18-5-9-19(10-6-18)27-13-1-2-14-27/h1-14,16H,15H2,(H,29,30)/b23-16-. The zero-order chi connectivity index (χ0) is 23.7. The molecule has 2 aromatic heterocycles. The lowest BCUT2D eigenvalue weighted by Crippen LogP contribution is -2.27. The smallest absolute Gasteiger partial charge is 0.307 e. The number of benzene rings is 2. The Kier molecular flexibility index (Phi) is 5.91. The third-order valence-corrected chi connectivity index (χ3v) is 6.60. The van der Waals surface area contributed by atoms with E-state index in [1.54, 1.807) is 30.3 Å². The van der Waals surface area contributed by atoms with Crippen molar-refractivity contribution in [1.82, 2.24) is 4.57 Å². The molecule has 1 aliphatic rings. The number of carboxylic acids is 1. The van der Waals surface area contributed by atoms with E-state index in [2.05, 4.69) is 0 Å². The first kappa shape index (κ1) is 21.9. The molecule has 1 aliphatic heterocycles. The summed E-state index contributed by atoms with van der Waals surface area (Å²) in [5.74, 6) is 0.113. The van der Waals surface area contributed by atoms with Gasteiger partial charge in [0.2, 0.25) is 0 Å². The maximum atomic E-state index is 13.0. The molecule has 0 aliphatic carbocycles. The SMILES string of the molecule is O=C(O)Cc1ccc(N2C(=O)/C(=C/c3ccc(-c4ccc(-n5cccc5)cc4)o3)SC2=S)cc1. The van der Waals surface area contributed by atoms with Gasteiger partial charge in [-0.05, 0) is 66.2 Å². The molecule has 0 saturated carbocycles. The summed E-state index contributed by atoms with van der Waals surface area (Å²) in [7, 11) is 0. The second kappa shape index (κ2) is 9.17. The van der Waals surface area contributed by atoms with Crippen molar-refractivity contribution in [2.75, 3.05) is 4.90 Å². The van der Waals surface area contributed by atoms with Crippen molar-refractivity contribution in [2.24, 2.45) is 0 Å². The highest BCUT2D eigenvalue weighted by Crippen LogP contribution is 2.36. The van der Waals surface area contributed by atoms with Gasteiger partial charge in [-0.2, -0.15) is 0 Å².